The van der Waals surface area contributed by atoms with Crippen LogP contribution >= 0.6 is 0 Å². The van der Waals surface area contributed by atoms with Gasteiger partial charge in [-0.1, -0.05) is 13.3 Å². The fraction of sp³-hybridized carbons (Fsp3) is 0.600. The van der Waals surface area contributed by atoms with Crippen molar-refractivity contribution in [1.82, 2.24) is 10.2 Å². The van der Waals surface area contributed by atoms with Crippen molar-refractivity contribution in [2.75, 3.05) is 6.54 Å². The average molecular weight is 194 g/mol. The van der Waals surface area contributed by atoms with Gasteiger partial charge in [0.15, 0.2) is 0 Å². The Balaban J connectivity index is 2.57. The van der Waals surface area contributed by atoms with Crippen LogP contribution in [0.2, 0.25) is 0 Å². The number of terminal acetylenes is 1. The Morgan fingerprint density at radius 3 is 2.86 bits per heavy atom. The Morgan fingerprint density at radius 2 is 2.29 bits per heavy atom. The van der Waals surface area contributed by atoms with E-state index in [-0.39, 0.29) is 18.0 Å². The second-order valence-corrected chi connectivity index (χ2v) is 3.23. The highest BCUT2D eigenvalue weighted by atomic mass is 16.2. The molecule has 1 heterocycles. The second kappa shape index (κ2) is 4.66. The summed E-state index contributed by atoms with van der Waals surface area (Å²) in [4.78, 5) is 24.1. The molecule has 0 aromatic carbocycles. The summed E-state index contributed by atoms with van der Waals surface area (Å²) in [6.07, 6.45) is 7.05. The first-order chi connectivity index (χ1) is 6.70. The second-order valence-electron chi connectivity index (χ2n) is 3.23. The van der Waals surface area contributed by atoms with Gasteiger partial charge in [0, 0.05) is 13.0 Å². The molecule has 0 aromatic heterocycles. The van der Waals surface area contributed by atoms with Crippen LogP contribution in [0.15, 0.2) is 0 Å². The summed E-state index contributed by atoms with van der Waals surface area (Å²) >= 11 is 0. The SMILES string of the molecule is C#CCCN1C(=O)NC(CCC)C1=O. The van der Waals surface area contributed by atoms with E-state index in [0.717, 1.165) is 6.42 Å². The highest BCUT2D eigenvalue weighted by Crippen LogP contribution is 2.10. The lowest BCUT2D eigenvalue weighted by atomic mass is 10.2. The molecule has 1 rings (SSSR count). The lowest BCUT2D eigenvalue weighted by Gasteiger charge is -2.10. The third-order valence-corrected chi connectivity index (χ3v) is 2.16. The molecule has 76 valence electrons. The molecule has 0 spiro atoms. The van der Waals surface area contributed by atoms with Gasteiger partial charge in [0.2, 0.25) is 0 Å². The van der Waals surface area contributed by atoms with Gasteiger partial charge in [0.25, 0.3) is 5.91 Å². The maximum Gasteiger partial charge on any atom is 0.324 e. The standard InChI is InChI=1S/C10H14N2O2/c1-3-5-7-12-9(13)8(6-4-2)11-10(12)14/h1,8H,4-7H2,2H3,(H,11,14). The van der Waals surface area contributed by atoms with E-state index in [9.17, 15) is 9.59 Å². The van der Waals surface area contributed by atoms with E-state index >= 15 is 0 Å². The molecule has 0 aliphatic carbocycles. The number of nitrogens with one attached hydrogen (secondary N) is 1. The number of hydrogen-bond donors (Lipinski definition) is 1. The van der Waals surface area contributed by atoms with E-state index in [4.69, 9.17) is 6.42 Å². The van der Waals surface area contributed by atoms with E-state index in [1.165, 1.54) is 4.90 Å². The fourth-order valence-corrected chi connectivity index (χ4v) is 1.45. The summed E-state index contributed by atoms with van der Waals surface area (Å²) in [7, 11) is 0. The quantitative estimate of drug-likeness (QED) is 0.530. The summed E-state index contributed by atoms with van der Waals surface area (Å²) in [6.45, 7) is 2.30. The monoisotopic (exact) mass is 194 g/mol. The van der Waals surface area contributed by atoms with Crippen molar-refractivity contribution in [1.29, 1.82) is 0 Å². The van der Waals surface area contributed by atoms with Crippen molar-refractivity contribution in [3.63, 3.8) is 0 Å². The summed E-state index contributed by atoms with van der Waals surface area (Å²) in [5.74, 6) is 2.26. The van der Waals surface area contributed by atoms with Gasteiger partial charge in [-0.3, -0.25) is 9.69 Å². The first-order valence-corrected chi connectivity index (χ1v) is 4.76. The molecule has 3 amide bonds. The zero-order chi connectivity index (χ0) is 10.6. The van der Waals surface area contributed by atoms with E-state index in [2.05, 4.69) is 11.2 Å². The molecule has 1 aliphatic rings. The molecule has 4 nitrogen and oxygen atoms in total. The zero-order valence-corrected chi connectivity index (χ0v) is 8.25. The van der Waals surface area contributed by atoms with Crippen molar-refractivity contribution in [2.45, 2.75) is 32.2 Å². The maximum absolute atomic E-state index is 11.6. The van der Waals surface area contributed by atoms with Gasteiger partial charge in [-0.25, -0.2) is 4.79 Å². The number of amides is 3. The van der Waals surface area contributed by atoms with Crippen LogP contribution < -0.4 is 5.32 Å². The van der Waals surface area contributed by atoms with E-state index in [1.807, 2.05) is 6.92 Å². The Kier molecular flexibility index (Phi) is 3.52. The van der Waals surface area contributed by atoms with Crippen LogP contribution in [0.5, 0.6) is 0 Å². The van der Waals surface area contributed by atoms with Crippen LogP contribution in [-0.4, -0.2) is 29.4 Å². The van der Waals surface area contributed by atoms with E-state index in [0.29, 0.717) is 19.4 Å². The maximum atomic E-state index is 11.6. The molecule has 0 radical (unpaired) electrons. The third-order valence-electron chi connectivity index (χ3n) is 2.16. The lowest BCUT2D eigenvalue weighted by molar-refractivity contribution is -0.127. The predicted octanol–water partition coefficient (Wildman–Crippen LogP) is 0.730. The Labute approximate surface area is 83.6 Å². The topological polar surface area (TPSA) is 49.4 Å². The minimum absolute atomic E-state index is 0.146. The summed E-state index contributed by atoms with van der Waals surface area (Å²) in [5, 5.41) is 2.63. The minimum atomic E-state index is -0.342. The highest BCUT2D eigenvalue weighted by molar-refractivity contribution is 6.04. The van der Waals surface area contributed by atoms with E-state index in [1.54, 1.807) is 0 Å². The molecule has 0 aromatic rings. The molecule has 1 aliphatic heterocycles. The van der Waals surface area contributed by atoms with Gasteiger partial charge < -0.3 is 5.32 Å². The van der Waals surface area contributed by atoms with Crippen LogP contribution in [0.3, 0.4) is 0 Å². The molecule has 0 bridgehead atoms. The molecule has 1 atom stereocenters. The van der Waals surface area contributed by atoms with Crippen LogP contribution in [0.4, 0.5) is 4.79 Å². The van der Waals surface area contributed by atoms with Crippen molar-refractivity contribution >= 4 is 11.9 Å². The first-order valence-electron chi connectivity index (χ1n) is 4.76. The molecule has 1 N–H and O–H groups in total. The molecule has 1 saturated heterocycles. The van der Waals surface area contributed by atoms with Gasteiger partial charge in [-0.05, 0) is 6.42 Å². The van der Waals surface area contributed by atoms with Crippen LogP contribution in [-0.2, 0) is 4.79 Å². The van der Waals surface area contributed by atoms with Crippen LogP contribution in [0, 0.1) is 12.3 Å². The molecule has 14 heavy (non-hydrogen) atoms. The number of rotatable bonds is 4. The minimum Gasteiger partial charge on any atom is -0.326 e. The van der Waals surface area contributed by atoms with Crippen molar-refractivity contribution in [3.8, 4) is 12.3 Å². The van der Waals surface area contributed by atoms with E-state index < -0.39 is 0 Å². The third kappa shape index (κ3) is 2.05. The predicted molar refractivity (Wildman–Crippen MR) is 52.4 cm³/mol. The first kappa shape index (κ1) is 10.6. The molecule has 4 heteroatoms. The Hall–Kier alpha value is -1.50. The van der Waals surface area contributed by atoms with Gasteiger partial charge in [0.05, 0.1) is 0 Å². The molecular weight excluding hydrogens is 180 g/mol. The molecule has 1 fully saturated rings. The average Bonchev–Trinajstić information content (AvgIpc) is 2.41. The Bertz CT molecular complexity index is 280. The lowest BCUT2D eigenvalue weighted by Crippen LogP contribution is -2.32. The van der Waals surface area contributed by atoms with Gasteiger partial charge in [-0.15, -0.1) is 12.3 Å². The fourth-order valence-electron chi connectivity index (χ4n) is 1.45. The largest absolute Gasteiger partial charge is 0.326 e. The summed E-state index contributed by atoms with van der Waals surface area (Å²) in [6, 6.07) is -0.658. The summed E-state index contributed by atoms with van der Waals surface area (Å²) < 4.78 is 0. The molecule has 0 saturated carbocycles. The van der Waals surface area contributed by atoms with Gasteiger partial charge in [0.1, 0.15) is 6.04 Å². The summed E-state index contributed by atoms with van der Waals surface area (Å²) in [5.41, 5.74) is 0. The van der Waals surface area contributed by atoms with Gasteiger partial charge in [-0.2, -0.15) is 0 Å². The zero-order valence-electron chi connectivity index (χ0n) is 8.25. The van der Waals surface area contributed by atoms with Crippen molar-refractivity contribution < 1.29 is 9.59 Å². The number of urea groups is 1. The number of carbonyl (C=O) groups excluding carboxylic acids is 2. The highest BCUT2D eigenvalue weighted by Gasteiger charge is 2.36. The number of nitrogens with zero attached hydrogens (tertiary/aromatic N) is 1. The smallest absolute Gasteiger partial charge is 0.324 e. The van der Waals surface area contributed by atoms with Crippen molar-refractivity contribution in [2.24, 2.45) is 0 Å². The number of carbonyl (C=O) groups is 2. The van der Waals surface area contributed by atoms with Crippen LogP contribution in [0.25, 0.3) is 0 Å². The normalized spacial score (nSPS) is 20.9. The number of imide groups is 1. The van der Waals surface area contributed by atoms with Crippen molar-refractivity contribution in [3.05, 3.63) is 0 Å². The molecule has 1 unspecified atom stereocenters. The number of hydrogen-bond acceptors (Lipinski definition) is 2. The molecular formula is C10H14N2O2. The van der Waals surface area contributed by atoms with Crippen LogP contribution in [0.1, 0.15) is 26.2 Å². The Morgan fingerprint density at radius 1 is 1.57 bits per heavy atom. The van der Waals surface area contributed by atoms with Gasteiger partial charge >= 0.3 is 6.03 Å².